The zero-order chi connectivity index (χ0) is 16.4. The van der Waals surface area contributed by atoms with Crippen LogP contribution in [0.25, 0.3) is 33.7 Å². The highest BCUT2D eigenvalue weighted by Gasteiger charge is 2.12. The molecule has 0 spiro atoms. The summed E-state index contributed by atoms with van der Waals surface area (Å²) in [7, 11) is 0. The summed E-state index contributed by atoms with van der Waals surface area (Å²) in [6.07, 6.45) is 0.866. The van der Waals surface area contributed by atoms with Gasteiger partial charge in [-0.2, -0.15) is 0 Å². The van der Waals surface area contributed by atoms with Gasteiger partial charge in [0.25, 0.3) is 0 Å². The Balaban J connectivity index is 1.71. The molecule has 0 bridgehead atoms. The minimum atomic E-state index is 0.525. The minimum absolute atomic E-state index is 0.525. The van der Waals surface area contributed by atoms with Crippen LogP contribution >= 0.6 is 0 Å². The van der Waals surface area contributed by atoms with Gasteiger partial charge in [0.2, 0.25) is 11.8 Å². The van der Waals surface area contributed by atoms with Crippen LogP contribution in [0.3, 0.4) is 0 Å². The second kappa shape index (κ2) is 6.26. The molecule has 0 aliphatic carbocycles. The second-order valence-electron chi connectivity index (χ2n) is 5.67. The molecule has 4 aromatic rings. The molecule has 118 valence electrons. The lowest BCUT2D eigenvalue weighted by molar-refractivity contribution is 0.585. The van der Waals surface area contributed by atoms with E-state index in [0.29, 0.717) is 18.3 Å². The number of benzene rings is 3. The fourth-order valence-electron chi connectivity index (χ4n) is 2.84. The molecule has 4 rings (SSSR count). The Labute approximate surface area is 139 Å². The van der Waals surface area contributed by atoms with Crippen molar-refractivity contribution in [3.05, 3.63) is 72.3 Å². The van der Waals surface area contributed by atoms with Crippen LogP contribution in [-0.2, 0) is 6.42 Å². The monoisotopic (exact) mass is 315 g/mol. The van der Waals surface area contributed by atoms with E-state index in [2.05, 4.69) is 28.4 Å². The summed E-state index contributed by atoms with van der Waals surface area (Å²) in [6, 6.07) is 22.3. The van der Waals surface area contributed by atoms with Gasteiger partial charge in [-0.15, -0.1) is 10.2 Å². The number of nitrogens with zero attached hydrogens (tertiary/aromatic N) is 2. The Morgan fingerprint density at radius 3 is 2.38 bits per heavy atom. The summed E-state index contributed by atoms with van der Waals surface area (Å²) in [5.74, 6) is 1.06. The van der Waals surface area contributed by atoms with E-state index in [-0.39, 0.29) is 0 Å². The summed E-state index contributed by atoms with van der Waals surface area (Å²) in [4.78, 5) is 0. The van der Waals surface area contributed by atoms with Crippen molar-refractivity contribution in [3.8, 4) is 22.9 Å². The average molecular weight is 315 g/mol. The van der Waals surface area contributed by atoms with Crippen molar-refractivity contribution in [3.63, 3.8) is 0 Å². The van der Waals surface area contributed by atoms with E-state index in [4.69, 9.17) is 10.2 Å². The Hall–Kier alpha value is -2.98. The predicted octanol–water partition coefficient (Wildman–Crippen LogP) is 4.06. The SMILES string of the molecule is NCCc1ccc(-c2nnc(-c3cccc4ccccc34)o2)cc1. The number of hydrogen-bond acceptors (Lipinski definition) is 4. The quantitative estimate of drug-likeness (QED) is 0.617. The van der Waals surface area contributed by atoms with E-state index in [1.165, 1.54) is 5.56 Å². The molecule has 0 fully saturated rings. The molecule has 0 saturated carbocycles. The van der Waals surface area contributed by atoms with Crippen molar-refractivity contribution in [1.82, 2.24) is 10.2 Å². The first-order valence-electron chi connectivity index (χ1n) is 7.96. The van der Waals surface area contributed by atoms with Crippen LogP contribution in [0.15, 0.2) is 71.1 Å². The lowest BCUT2D eigenvalue weighted by Crippen LogP contribution is -2.02. The van der Waals surface area contributed by atoms with Gasteiger partial charge in [-0.25, -0.2) is 0 Å². The molecule has 0 aliphatic rings. The molecule has 1 heterocycles. The van der Waals surface area contributed by atoms with E-state index in [9.17, 15) is 0 Å². The molecular formula is C20H17N3O. The molecule has 0 atom stereocenters. The molecule has 4 heteroatoms. The van der Waals surface area contributed by atoms with E-state index in [0.717, 1.165) is 28.3 Å². The van der Waals surface area contributed by atoms with Crippen LogP contribution < -0.4 is 5.73 Å². The Bertz CT molecular complexity index is 968. The maximum absolute atomic E-state index is 5.92. The topological polar surface area (TPSA) is 64.9 Å². The van der Waals surface area contributed by atoms with Gasteiger partial charge in [0, 0.05) is 11.1 Å². The molecule has 0 radical (unpaired) electrons. The van der Waals surface area contributed by atoms with E-state index >= 15 is 0 Å². The molecule has 4 nitrogen and oxygen atoms in total. The first-order valence-corrected chi connectivity index (χ1v) is 7.96. The van der Waals surface area contributed by atoms with Gasteiger partial charge in [-0.1, -0.05) is 48.5 Å². The highest BCUT2D eigenvalue weighted by Crippen LogP contribution is 2.29. The molecule has 1 aromatic heterocycles. The smallest absolute Gasteiger partial charge is 0.248 e. The predicted molar refractivity (Wildman–Crippen MR) is 95.4 cm³/mol. The number of fused-ring (bicyclic) bond motifs is 1. The maximum Gasteiger partial charge on any atom is 0.248 e. The Kier molecular flexibility index (Phi) is 3.81. The number of nitrogens with two attached hydrogens (primary N) is 1. The maximum atomic E-state index is 5.92. The standard InChI is InChI=1S/C20H17N3O/c21-13-12-14-8-10-16(11-9-14)19-22-23-20(24-19)18-7-3-5-15-4-1-2-6-17(15)18/h1-11H,12-13,21H2. The van der Waals surface area contributed by atoms with Crippen molar-refractivity contribution in [2.45, 2.75) is 6.42 Å². The summed E-state index contributed by atoms with van der Waals surface area (Å²) >= 11 is 0. The third-order valence-corrected chi connectivity index (χ3v) is 4.08. The summed E-state index contributed by atoms with van der Waals surface area (Å²) in [5.41, 5.74) is 8.65. The van der Waals surface area contributed by atoms with Gasteiger partial charge in [0.15, 0.2) is 0 Å². The number of hydrogen-bond donors (Lipinski definition) is 1. The molecule has 3 aromatic carbocycles. The third-order valence-electron chi connectivity index (χ3n) is 4.08. The molecule has 0 saturated heterocycles. The molecule has 0 amide bonds. The normalized spacial score (nSPS) is 11.0. The van der Waals surface area contributed by atoms with Gasteiger partial charge in [0.05, 0.1) is 0 Å². The number of rotatable bonds is 4. The zero-order valence-electron chi connectivity index (χ0n) is 13.1. The summed E-state index contributed by atoms with van der Waals surface area (Å²) in [6.45, 7) is 0.644. The highest BCUT2D eigenvalue weighted by molar-refractivity contribution is 5.94. The van der Waals surface area contributed by atoms with Crippen LogP contribution in [0.1, 0.15) is 5.56 Å². The fraction of sp³-hybridized carbons (Fsp3) is 0.100. The lowest BCUT2D eigenvalue weighted by Gasteiger charge is -2.02. The van der Waals surface area contributed by atoms with Crippen LogP contribution in [0.2, 0.25) is 0 Å². The van der Waals surface area contributed by atoms with Crippen molar-refractivity contribution in [2.75, 3.05) is 6.54 Å². The molecule has 0 aliphatic heterocycles. The van der Waals surface area contributed by atoms with Gasteiger partial charge in [-0.05, 0) is 47.5 Å². The first kappa shape index (κ1) is 14.6. The Morgan fingerprint density at radius 1 is 0.792 bits per heavy atom. The minimum Gasteiger partial charge on any atom is -0.416 e. The summed E-state index contributed by atoms with van der Waals surface area (Å²) < 4.78 is 5.92. The average Bonchev–Trinajstić information content (AvgIpc) is 3.12. The van der Waals surface area contributed by atoms with E-state index in [1.807, 2.05) is 48.5 Å². The van der Waals surface area contributed by atoms with Crippen molar-refractivity contribution in [2.24, 2.45) is 5.73 Å². The van der Waals surface area contributed by atoms with Gasteiger partial charge < -0.3 is 10.2 Å². The molecule has 2 N–H and O–H groups in total. The van der Waals surface area contributed by atoms with Crippen molar-refractivity contribution >= 4 is 10.8 Å². The van der Waals surface area contributed by atoms with E-state index < -0.39 is 0 Å². The fourth-order valence-corrected chi connectivity index (χ4v) is 2.84. The van der Waals surface area contributed by atoms with Crippen LogP contribution in [-0.4, -0.2) is 16.7 Å². The highest BCUT2D eigenvalue weighted by atomic mass is 16.4. The van der Waals surface area contributed by atoms with E-state index in [1.54, 1.807) is 0 Å². The second-order valence-corrected chi connectivity index (χ2v) is 5.67. The third kappa shape index (κ3) is 2.68. The molecule has 0 unspecified atom stereocenters. The van der Waals surface area contributed by atoms with Gasteiger partial charge in [0.1, 0.15) is 0 Å². The molecule has 24 heavy (non-hydrogen) atoms. The largest absolute Gasteiger partial charge is 0.416 e. The van der Waals surface area contributed by atoms with Gasteiger partial charge >= 0.3 is 0 Å². The van der Waals surface area contributed by atoms with Gasteiger partial charge in [-0.3, -0.25) is 0 Å². The van der Waals surface area contributed by atoms with Crippen LogP contribution in [0.5, 0.6) is 0 Å². The van der Waals surface area contributed by atoms with Crippen molar-refractivity contribution in [1.29, 1.82) is 0 Å². The first-order chi connectivity index (χ1) is 11.8. The lowest BCUT2D eigenvalue weighted by atomic mass is 10.0. The zero-order valence-corrected chi connectivity index (χ0v) is 13.1. The van der Waals surface area contributed by atoms with Crippen LogP contribution in [0.4, 0.5) is 0 Å². The molecular weight excluding hydrogens is 298 g/mol. The van der Waals surface area contributed by atoms with Crippen molar-refractivity contribution < 1.29 is 4.42 Å². The summed E-state index contributed by atoms with van der Waals surface area (Å²) in [5, 5.41) is 10.7. The van der Waals surface area contributed by atoms with Crippen LogP contribution in [0, 0.1) is 0 Å². The Morgan fingerprint density at radius 2 is 1.54 bits per heavy atom. The number of aromatic nitrogens is 2.